The number of aromatic nitrogens is 3. The van der Waals surface area contributed by atoms with E-state index in [4.69, 9.17) is 4.74 Å². The Hall–Kier alpha value is -3.82. The monoisotopic (exact) mass is 431 g/mol. The van der Waals surface area contributed by atoms with Gasteiger partial charge in [-0.2, -0.15) is 0 Å². The van der Waals surface area contributed by atoms with Gasteiger partial charge in [-0.3, -0.25) is 9.59 Å². The number of aromatic amines is 1. The van der Waals surface area contributed by atoms with Crippen LogP contribution in [0.3, 0.4) is 0 Å². The van der Waals surface area contributed by atoms with Crippen molar-refractivity contribution in [3.05, 3.63) is 76.5 Å². The topological polar surface area (TPSA) is 109 Å². The number of fused-ring (bicyclic) bond motifs is 1. The number of hydrogen-bond acceptors (Lipinski definition) is 7. The second kappa shape index (κ2) is 8.13. The summed E-state index contributed by atoms with van der Waals surface area (Å²) in [7, 11) is 0. The smallest absolute Gasteiger partial charge is 0.276 e. The lowest BCUT2D eigenvalue weighted by Crippen LogP contribution is -2.18. The van der Waals surface area contributed by atoms with Crippen LogP contribution in [0.2, 0.25) is 0 Å². The Kier molecular flexibility index (Phi) is 5.03. The second-order valence-electron chi connectivity index (χ2n) is 6.89. The Balaban J connectivity index is 1.54. The number of benzene rings is 1. The van der Waals surface area contributed by atoms with Gasteiger partial charge in [-0.1, -0.05) is 18.2 Å². The second-order valence-corrected chi connectivity index (χ2v) is 7.61. The Morgan fingerprint density at radius 2 is 2.00 bits per heavy atom. The fourth-order valence-electron chi connectivity index (χ4n) is 3.45. The number of carbonyl (C=O) groups is 2. The molecule has 3 aromatic heterocycles. The van der Waals surface area contributed by atoms with Gasteiger partial charge in [0, 0.05) is 22.8 Å². The quantitative estimate of drug-likeness (QED) is 0.436. The van der Waals surface area contributed by atoms with Crippen molar-refractivity contribution < 1.29 is 14.3 Å². The summed E-state index contributed by atoms with van der Waals surface area (Å²) in [5.41, 5.74) is 6.27. The summed E-state index contributed by atoms with van der Waals surface area (Å²) in [4.78, 5) is 36.5. The minimum Gasteiger partial charge on any atom is -0.367 e. The van der Waals surface area contributed by atoms with Crippen LogP contribution in [0.4, 0.5) is 17.2 Å². The molecule has 4 aromatic rings. The van der Waals surface area contributed by atoms with Crippen LogP contribution in [0.15, 0.2) is 59.6 Å². The molecule has 154 valence electrons. The van der Waals surface area contributed by atoms with Crippen LogP contribution in [0.25, 0.3) is 11.3 Å². The molecule has 1 aliphatic heterocycles. The van der Waals surface area contributed by atoms with E-state index in [0.29, 0.717) is 29.4 Å². The molecular formula is C22H17N5O3S. The van der Waals surface area contributed by atoms with Gasteiger partial charge in [-0.15, -0.1) is 11.3 Å². The van der Waals surface area contributed by atoms with Crippen LogP contribution in [-0.4, -0.2) is 33.2 Å². The molecule has 9 heteroatoms. The van der Waals surface area contributed by atoms with Gasteiger partial charge in [-0.25, -0.2) is 9.97 Å². The average Bonchev–Trinajstić information content (AvgIpc) is 3.44. The van der Waals surface area contributed by atoms with E-state index < -0.39 is 0 Å². The molecule has 0 atom stereocenters. The minimum atomic E-state index is -0.331. The van der Waals surface area contributed by atoms with E-state index in [-0.39, 0.29) is 18.3 Å². The Labute approximate surface area is 181 Å². The maximum absolute atomic E-state index is 12.6. The number of pyridine rings is 1. The lowest BCUT2D eigenvalue weighted by Gasteiger charge is -2.14. The molecule has 1 amide bonds. The number of amides is 1. The number of rotatable bonds is 5. The van der Waals surface area contributed by atoms with Gasteiger partial charge in [0.15, 0.2) is 5.78 Å². The third-order valence-corrected chi connectivity index (χ3v) is 5.42. The maximum atomic E-state index is 12.6. The average molecular weight is 431 g/mol. The number of nitrogens with zero attached hydrogens (tertiary/aromatic N) is 2. The lowest BCUT2D eigenvalue weighted by molar-refractivity contribution is 0.0660. The molecule has 0 saturated heterocycles. The van der Waals surface area contributed by atoms with E-state index in [1.165, 1.54) is 11.3 Å². The summed E-state index contributed by atoms with van der Waals surface area (Å²) in [6.07, 6.45) is 1.61. The number of carbonyl (C=O) groups excluding carboxylic acids is 2. The molecule has 31 heavy (non-hydrogen) atoms. The normalized spacial score (nSPS) is 13.0. The predicted octanol–water partition coefficient (Wildman–Crippen LogP) is 4.24. The fourth-order valence-corrected chi connectivity index (χ4v) is 3.98. The fraction of sp³-hybridized carbons (Fsp3) is 0.0909. The molecule has 0 spiro atoms. The van der Waals surface area contributed by atoms with E-state index in [2.05, 4.69) is 25.6 Å². The molecule has 0 bridgehead atoms. The van der Waals surface area contributed by atoms with Crippen LogP contribution in [0, 0.1) is 0 Å². The first kappa shape index (κ1) is 19.2. The first-order chi connectivity index (χ1) is 15.2. The SMILES string of the molecule is O=C(Nc1cc(-c2[nH]c3c(c2Nc2ccccc2)C(=O)COC3)ccn1)c1cscn1. The first-order valence-electron chi connectivity index (χ1n) is 9.53. The molecule has 0 saturated carbocycles. The zero-order chi connectivity index (χ0) is 21.2. The van der Waals surface area contributed by atoms with Gasteiger partial charge < -0.3 is 20.4 Å². The number of nitrogens with one attached hydrogen (secondary N) is 3. The standard InChI is InChI=1S/C22H17N5O3S/c28-17-10-30-9-15-19(17)21(25-14-4-2-1-3-5-14)20(26-15)13-6-7-23-18(8-13)27-22(29)16-11-31-12-24-16/h1-8,11-12,25-26H,9-10H2,(H,23,27,29). The van der Waals surface area contributed by atoms with Gasteiger partial charge >= 0.3 is 0 Å². The maximum Gasteiger partial charge on any atom is 0.276 e. The predicted molar refractivity (Wildman–Crippen MR) is 118 cm³/mol. The molecule has 0 unspecified atom stereocenters. The van der Waals surface area contributed by atoms with Crippen molar-refractivity contribution in [3.8, 4) is 11.3 Å². The summed E-state index contributed by atoms with van der Waals surface area (Å²) in [6, 6.07) is 13.2. The van der Waals surface area contributed by atoms with E-state index in [9.17, 15) is 9.59 Å². The molecule has 8 nitrogen and oxygen atoms in total. The van der Waals surface area contributed by atoms with Crippen LogP contribution >= 0.6 is 11.3 Å². The summed E-state index contributed by atoms with van der Waals surface area (Å²) >= 11 is 1.35. The Bertz CT molecular complexity index is 1250. The number of anilines is 3. The summed E-state index contributed by atoms with van der Waals surface area (Å²) in [5.74, 6) is -0.0347. The van der Waals surface area contributed by atoms with Crippen molar-refractivity contribution >= 4 is 40.2 Å². The van der Waals surface area contributed by atoms with Crippen molar-refractivity contribution in [1.82, 2.24) is 15.0 Å². The van der Waals surface area contributed by atoms with E-state index in [0.717, 1.165) is 22.6 Å². The zero-order valence-electron chi connectivity index (χ0n) is 16.2. The van der Waals surface area contributed by atoms with Crippen molar-refractivity contribution in [2.24, 2.45) is 0 Å². The molecule has 0 fully saturated rings. The molecule has 3 N–H and O–H groups in total. The third-order valence-electron chi connectivity index (χ3n) is 4.83. The van der Waals surface area contributed by atoms with Crippen LogP contribution in [-0.2, 0) is 11.3 Å². The van der Waals surface area contributed by atoms with Crippen molar-refractivity contribution in [1.29, 1.82) is 0 Å². The van der Waals surface area contributed by atoms with Gasteiger partial charge in [-0.05, 0) is 24.3 Å². The first-order valence-corrected chi connectivity index (χ1v) is 10.5. The van der Waals surface area contributed by atoms with Gasteiger partial charge in [0.05, 0.1) is 34.8 Å². The van der Waals surface area contributed by atoms with Crippen LogP contribution in [0.5, 0.6) is 0 Å². The third kappa shape index (κ3) is 3.83. The molecule has 0 radical (unpaired) electrons. The number of para-hydroxylation sites is 1. The van der Waals surface area contributed by atoms with Crippen molar-refractivity contribution in [3.63, 3.8) is 0 Å². The number of hydrogen-bond donors (Lipinski definition) is 3. The summed E-state index contributed by atoms with van der Waals surface area (Å²) in [6.45, 7) is 0.363. The number of ether oxygens (including phenoxy) is 1. The zero-order valence-corrected chi connectivity index (χ0v) is 17.0. The van der Waals surface area contributed by atoms with Crippen LogP contribution in [0.1, 0.15) is 26.5 Å². The van der Waals surface area contributed by atoms with Crippen molar-refractivity contribution in [2.45, 2.75) is 6.61 Å². The summed E-state index contributed by atoms with van der Waals surface area (Å²) < 4.78 is 5.40. The van der Waals surface area contributed by atoms with E-state index >= 15 is 0 Å². The highest BCUT2D eigenvalue weighted by atomic mass is 32.1. The van der Waals surface area contributed by atoms with E-state index in [1.807, 2.05) is 36.4 Å². The number of H-pyrrole nitrogens is 1. The molecule has 4 heterocycles. The molecular weight excluding hydrogens is 414 g/mol. The van der Waals surface area contributed by atoms with Gasteiger partial charge in [0.1, 0.15) is 18.1 Å². The van der Waals surface area contributed by atoms with Gasteiger partial charge in [0.2, 0.25) is 0 Å². The van der Waals surface area contributed by atoms with Gasteiger partial charge in [0.25, 0.3) is 5.91 Å². The minimum absolute atomic E-state index is 0.0407. The molecule has 0 aliphatic carbocycles. The molecule has 5 rings (SSSR count). The van der Waals surface area contributed by atoms with Crippen LogP contribution < -0.4 is 10.6 Å². The highest BCUT2D eigenvalue weighted by molar-refractivity contribution is 7.07. The number of thiazole rings is 1. The van der Waals surface area contributed by atoms with E-state index in [1.54, 1.807) is 23.2 Å². The summed E-state index contributed by atoms with van der Waals surface area (Å²) in [5, 5.41) is 7.80. The highest BCUT2D eigenvalue weighted by Gasteiger charge is 2.27. The highest BCUT2D eigenvalue weighted by Crippen LogP contribution is 2.37. The largest absolute Gasteiger partial charge is 0.367 e. The Morgan fingerprint density at radius 3 is 2.81 bits per heavy atom. The molecule has 1 aliphatic rings. The number of Topliss-reactive ketones (excluding diaryl/α,β-unsaturated/α-hetero) is 1. The molecule has 1 aromatic carbocycles. The lowest BCUT2D eigenvalue weighted by atomic mass is 10.0. The van der Waals surface area contributed by atoms with Crippen molar-refractivity contribution in [2.75, 3.05) is 17.2 Å². The number of ketones is 1. The Morgan fingerprint density at radius 1 is 1.13 bits per heavy atom.